The van der Waals surface area contributed by atoms with E-state index in [1.807, 2.05) is 30.3 Å². The maximum atomic E-state index is 12.3. The van der Waals surface area contributed by atoms with Gasteiger partial charge in [-0.05, 0) is 48.9 Å². The van der Waals surface area contributed by atoms with Gasteiger partial charge in [0.15, 0.2) is 0 Å². The van der Waals surface area contributed by atoms with E-state index in [2.05, 4.69) is 49.7 Å². The normalized spacial score (nSPS) is 14.1. The first kappa shape index (κ1) is 22.5. The lowest BCUT2D eigenvalue weighted by molar-refractivity contribution is 0.244. The third-order valence-electron chi connectivity index (χ3n) is 5.75. The Kier molecular flexibility index (Phi) is 7.71. The van der Waals surface area contributed by atoms with Gasteiger partial charge >= 0.3 is 11.7 Å². The van der Waals surface area contributed by atoms with Crippen molar-refractivity contribution in [1.82, 2.24) is 19.8 Å². The molecule has 1 aliphatic rings. The number of rotatable bonds is 8. The average Bonchev–Trinajstić information content (AvgIpc) is 2.84. The molecule has 1 saturated heterocycles. The second-order valence-corrected chi connectivity index (χ2v) is 8.13. The molecule has 0 radical (unpaired) electrons. The summed E-state index contributed by atoms with van der Waals surface area (Å²) in [5.41, 5.74) is 2.60. The molecule has 4 rings (SSSR count). The summed E-state index contributed by atoms with van der Waals surface area (Å²) in [5.74, 6) is 0. The summed E-state index contributed by atoms with van der Waals surface area (Å²) in [5, 5.41) is 5.80. The summed E-state index contributed by atoms with van der Waals surface area (Å²) in [6, 6.07) is 19.5. The molecular weight excluding hydrogens is 416 g/mol. The molecule has 1 aliphatic heterocycles. The number of hydrogen-bond acceptors (Lipinski definition) is 5. The maximum Gasteiger partial charge on any atom is 0.347 e. The lowest BCUT2D eigenvalue weighted by Gasteiger charge is -2.36. The number of urea groups is 1. The van der Waals surface area contributed by atoms with Crippen LogP contribution in [0.1, 0.15) is 12.0 Å². The van der Waals surface area contributed by atoms with E-state index in [1.165, 1.54) is 16.5 Å². The quantitative estimate of drug-likeness (QED) is 0.520. The van der Waals surface area contributed by atoms with E-state index in [-0.39, 0.29) is 11.7 Å². The third kappa shape index (κ3) is 6.66. The standard InChI is InChI=1S/C25H30N6O2/c32-24(28-22-8-4-7-21(19-22)20-31-14-6-12-27-25(31)33)26-11-5-13-29-15-17-30(18-16-29)23-9-2-1-3-10-23/h1-4,6-10,12,14,19H,5,11,13,15-18,20H2,(H2,26,28,32). The van der Waals surface area contributed by atoms with E-state index in [9.17, 15) is 9.59 Å². The molecule has 0 aliphatic carbocycles. The fraction of sp³-hybridized carbons (Fsp3) is 0.320. The predicted molar refractivity (Wildman–Crippen MR) is 131 cm³/mol. The number of amides is 2. The summed E-state index contributed by atoms with van der Waals surface area (Å²) >= 11 is 0. The van der Waals surface area contributed by atoms with Gasteiger partial charge in [-0.25, -0.2) is 14.6 Å². The van der Waals surface area contributed by atoms with Crippen LogP contribution in [0.5, 0.6) is 0 Å². The van der Waals surface area contributed by atoms with Crippen molar-refractivity contribution in [2.45, 2.75) is 13.0 Å². The van der Waals surface area contributed by atoms with Crippen molar-refractivity contribution in [3.05, 3.63) is 89.1 Å². The van der Waals surface area contributed by atoms with E-state index in [0.29, 0.717) is 18.8 Å². The molecule has 1 fully saturated rings. The zero-order valence-corrected chi connectivity index (χ0v) is 18.7. The first-order valence-corrected chi connectivity index (χ1v) is 11.3. The molecular formula is C25H30N6O2. The number of carbonyl (C=O) groups is 1. The van der Waals surface area contributed by atoms with Crippen molar-refractivity contribution >= 4 is 17.4 Å². The van der Waals surface area contributed by atoms with Gasteiger partial charge in [0, 0.05) is 56.5 Å². The van der Waals surface area contributed by atoms with Gasteiger partial charge in [-0.3, -0.25) is 9.47 Å². The van der Waals surface area contributed by atoms with E-state index in [0.717, 1.165) is 44.7 Å². The molecule has 0 spiro atoms. The van der Waals surface area contributed by atoms with Gasteiger partial charge < -0.3 is 15.5 Å². The Morgan fingerprint density at radius 1 is 0.970 bits per heavy atom. The van der Waals surface area contributed by atoms with Gasteiger partial charge in [-0.1, -0.05) is 30.3 Å². The summed E-state index contributed by atoms with van der Waals surface area (Å²) < 4.78 is 1.53. The van der Waals surface area contributed by atoms with E-state index < -0.39 is 0 Å². The van der Waals surface area contributed by atoms with Crippen LogP contribution in [0.15, 0.2) is 77.9 Å². The van der Waals surface area contributed by atoms with Gasteiger partial charge in [0.1, 0.15) is 0 Å². The number of hydrogen-bond donors (Lipinski definition) is 2. The molecule has 8 nitrogen and oxygen atoms in total. The Morgan fingerprint density at radius 2 is 1.79 bits per heavy atom. The summed E-state index contributed by atoms with van der Waals surface area (Å²) in [6.45, 7) is 6.12. The Hall–Kier alpha value is -3.65. The number of piperazine rings is 1. The summed E-state index contributed by atoms with van der Waals surface area (Å²) in [7, 11) is 0. The lowest BCUT2D eigenvalue weighted by atomic mass is 10.2. The molecule has 0 bridgehead atoms. The van der Waals surface area contributed by atoms with Crippen LogP contribution in [0.4, 0.5) is 16.2 Å². The van der Waals surface area contributed by atoms with Crippen molar-refractivity contribution < 1.29 is 4.79 Å². The third-order valence-corrected chi connectivity index (χ3v) is 5.75. The van der Waals surface area contributed by atoms with Crippen LogP contribution in [0, 0.1) is 0 Å². The number of carbonyl (C=O) groups excluding carboxylic acids is 1. The van der Waals surface area contributed by atoms with Crippen LogP contribution < -0.4 is 21.2 Å². The highest BCUT2D eigenvalue weighted by Gasteiger charge is 2.16. The fourth-order valence-electron chi connectivity index (χ4n) is 4.00. The van der Waals surface area contributed by atoms with Gasteiger partial charge in [0.25, 0.3) is 0 Å². The zero-order valence-electron chi connectivity index (χ0n) is 18.7. The number of para-hydroxylation sites is 1. The lowest BCUT2D eigenvalue weighted by Crippen LogP contribution is -2.47. The Balaban J connectivity index is 1.15. The van der Waals surface area contributed by atoms with E-state index >= 15 is 0 Å². The van der Waals surface area contributed by atoms with Crippen LogP contribution in [-0.4, -0.2) is 59.8 Å². The monoisotopic (exact) mass is 446 g/mol. The predicted octanol–water partition coefficient (Wildman–Crippen LogP) is 2.63. The van der Waals surface area contributed by atoms with Crippen molar-refractivity contribution in [3.63, 3.8) is 0 Å². The van der Waals surface area contributed by atoms with Crippen LogP contribution in [0.3, 0.4) is 0 Å². The molecule has 0 unspecified atom stereocenters. The molecule has 2 N–H and O–H groups in total. The average molecular weight is 447 g/mol. The number of benzene rings is 2. The minimum Gasteiger partial charge on any atom is -0.369 e. The smallest absolute Gasteiger partial charge is 0.347 e. The highest BCUT2D eigenvalue weighted by molar-refractivity contribution is 5.89. The molecule has 172 valence electrons. The second-order valence-electron chi connectivity index (χ2n) is 8.13. The molecule has 3 aromatic rings. The van der Waals surface area contributed by atoms with E-state index in [4.69, 9.17) is 0 Å². The fourth-order valence-corrected chi connectivity index (χ4v) is 4.00. The first-order chi connectivity index (χ1) is 16.2. The first-order valence-electron chi connectivity index (χ1n) is 11.3. The summed E-state index contributed by atoms with van der Waals surface area (Å²) in [6.07, 6.45) is 4.08. The van der Waals surface area contributed by atoms with Crippen molar-refractivity contribution in [1.29, 1.82) is 0 Å². The van der Waals surface area contributed by atoms with Gasteiger partial charge in [-0.15, -0.1) is 0 Å². The maximum absolute atomic E-state index is 12.3. The highest BCUT2D eigenvalue weighted by atomic mass is 16.2. The number of nitrogens with zero attached hydrogens (tertiary/aromatic N) is 4. The van der Waals surface area contributed by atoms with Gasteiger partial charge in [0.05, 0.1) is 6.54 Å². The van der Waals surface area contributed by atoms with Crippen molar-refractivity contribution in [3.8, 4) is 0 Å². The van der Waals surface area contributed by atoms with Gasteiger partial charge in [0.2, 0.25) is 0 Å². The highest BCUT2D eigenvalue weighted by Crippen LogP contribution is 2.15. The molecule has 1 aromatic heterocycles. The number of aromatic nitrogens is 2. The Labute approximate surface area is 193 Å². The molecule has 0 atom stereocenters. The molecule has 2 heterocycles. The Bertz CT molecular complexity index is 1090. The van der Waals surface area contributed by atoms with Crippen molar-refractivity contribution in [2.75, 3.05) is 49.5 Å². The van der Waals surface area contributed by atoms with Crippen LogP contribution >= 0.6 is 0 Å². The van der Waals surface area contributed by atoms with Crippen LogP contribution in [0.25, 0.3) is 0 Å². The minimum atomic E-state index is -0.296. The van der Waals surface area contributed by atoms with Gasteiger partial charge in [-0.2, -0.15) is 0 Å². The molecule has 8 heteroatoms. The zero-order chi connectivity index (χ0) is 22.9. The largest absolute Gasteiger partial charge is 0.369 e. The SMILES string of the molecule is O=C(NCCCN1CCN(c2ccccc2)CC1)Nc1cccc(Cn2cccnc2=O)c1. The molecule has 0 saturated carbocycles. The summed E-state index contributed by atoms with van der Waals surface area (Å²) in [4.78, 5) is 32.7. The van der Waals surface area contributed by atoms with Crippen LogP contribution in [0.2, 0.25) is 0 Å². The topological polar surface area (TPSA) is 82.5 Å². The van der Waals surface area contributed by atoms with Crippen molar-refractivity contribution in [2.24, 2.45) is 0 Å². The minimum absolute atomic E-state index is 0.223. The Morgan fingerprint density at radius 3 is 2.58 bits per heavy atom. The second kappa shape index (κ2) is 11.3. The van der Waals surface area contributed by atoms with E-state index in [1.54, 1.807) is 12.3 Å². The van der Waals surface area contributed by atoms with Crippen LogP contribution in [-0.2, 0) is 6.54 Å². The number of nitrogens with one attached hydrogen (secondary N) is 2. The number of anilines is 2. The molecule has 33 heavy (non-hydrogen) atoms. The molecule has 2 aromatic carbocycles. The molecule has 2 amide bonds.